The van der Waals surface area contributed by atoms with Gasteiger partial charge in [0, 0.05) is 54.3 Å². The number of hydrogen-bond donors (Lipinski definition) is 4. The van der Waals surface area contributed by atoms with Crippen molar-refractivity contribution >= 4 is 95.0 Å². The summed E-state index contributed by atoms with van der Waals surface area (Å²) in [4.78, 5) is 76.4. The third kappa shape index (κ3) is 9.06. The van der Waals surface area contributed by atoms with E-state index >= 15 is 0 Å². The first-order chi connectivity index (χ1) is 28.0. The summed E-state index contributed by atoms with van der Waals surface area (Å²) in [6.07, 6.45) is 4.20. The van der Waals surface area contributed by atoms with Crippen LogP contribution in [-0.2, 0) is 14.4 Å². The number of nitrogens with one attached hydrogen (secondary N) is 4. The number of imide groups is 2. The number of rotatable bonds is 14. The topological polar surface area (TPSA) is 175 Å². The zero-order chi connectivity index (χ0) is 40.9. The Labute approximate surface area is 347 Å². The van der Waals surface area contributed by atoms with Gasteiger partial charge in [-0.25, -0.2) is 4.98 Å². The molecule has 58 heavy (non-hydrogen) atoms. The van der Waals surface area contributed by atoms with Gasteiger partial charge in [0.15, 0.2) is 5.82 Å². The third-order valence-electron chi connectivity index (χ3n) is 10.3. The molecule has 0 saturated carbocycles. The SMILES string of the molecule is COc1cc(N2CCC(NC(=O)CCCSc3cccc4c3C(=O)N(C3CCC(=O)NC3=O)C4=O)CC2)ccc1Nc1ncc(Cl)c(Nc2ccccc2P(C)C)n1. The minimum atomic E-state index is -1.02. The van der Waals surface area contributed by atoms with E-state index in [2.05, 4.69) is 55.5 Å². The number of benzene rings is 3. The maximum atomic E-state index is 13.4. The van der Waals surface area contributed by atoms with E-state index in [9.17, 15) is 24.0 Å². The van der Waals surface area contributed by atoms with Crippen LogP contribution in [0.5, 0.6) is 5.75 Å². The number of amides is 5. The summed E-state index contributed by atoms with van der Waals surface area (Å²) in [5.41, 5.74) is 3.18. The zero-order valence-electron chi connectivity index (χ0n) is 32.3. The van der Waals surface area contributed by atoms with Crippen LogP contribution >= 0.6 is 31.3 Å². The molecule has 0 radical (unpaired) electrons. The molecule has 1 atom stereocenters. The molecule has 4 heterocycles. The number of aromatic nitrogens is 2. The number of piperidine rings is 2. The van der Waals surface area contributed by atoms with Crippen molar-refractivity contribution in [1.82, 2.24) is 25.5 Å². The molecule has 14 nitrogen and oxygen atoms in total. The van der Waals surface area contributed by atoms with Gasteiger partial charge >= 0.3 is 0 Å². The number of para-hydroxylation sites is 1. The van der Waals surface area contributed by atoms with Gasteiger partial charge in [0.25, 0.3) is 11.8 Å². The highest BCUT2D eigenvalue weighted by Crippen LogP contribution is 2.36. The Balaban J connectivity index is 0.877. The predicted octanol–water partition coefficient (Wildman–Crippen LogP) is 6.05. The summed E-state index contributed by atoms with van der Waals surface area (Å²) in [5.74, 6) is -0.0943. The Morgan fingerprint density at radius 1 is 0.983 bits per heavy atom. The fourth-order valence-electron chi connectivity index (χ4n) is 7.31. The second-order valence-electron chi connectivity index (χ2n) is 14.3. The van der Waals surface area contributed by atoms with E-state index in [0.29, 0.717) is 51.7 Å². The maximum Gasteiger partial charge on any atom is 0.263 e. The lowest BCUT2D eigenvalue weighted by Crippen LogP contribution is -2.54. The van der Waals surface area contributed by atoms with Crippen molar-refractivity contribution in [2.45, 2.75) is 55.5 Å². The number of methoxy groups -OCH3 is 1. The van der Waals surface area contributed by atoms with E-state index in [4.69, 9.17) is 16.3 Å². The van der Waals surface area contributed by atoms with Crippen LogP contribution in [0.4, 0.5) is 28.8 Å². The van der Waals surface area contributed by atoms with E-state index in [1.54, 1.807) is 31.5 Å². The second-order valence-corrected chi connectivity index (χ2v) is 18.2. The molecule has 1 unspecified atom stereocenters. The summed E-state index contributed by atoms with van der Waals surface area (Å²) < 4.78 is 5.76. The fraction of sp³-hybridized carbons (Fsp3) is 0.341. The third-order valence-corrected chi connectivity index (χ3v) is 13.0. The average Bonchev–Trinajstić information content (AvgIpc) is 3.47. The number of anilines is 5. The van der Waals surface area contributed by atoms with Gasteiger partial charge in [-0.1, -0.05) is 43.8 Å². The number of carbonyl (C=O) groups excluding carboxylic acids is 5. The summed E-state index contributed by atoms with van der Waals surface area (Å²) in [6.45, 7) is 5.91. The van der Waals surface area contributed by atoms with Crippen LogP contribution in [0.25, 0.3) is 0 Å². The van der Waals surface area contributed by atoms with Crippen molar-refractivity contribution in [3.05, 3.63) is 83.0 Å². The largest absolute Gasteiger partial charge is 0.494 e. The van der Waals surface area contributed by atoms with Crippen molar-refractivity contribution in [3.63, 3.8) is 0 Å². The quantitative estimate of drug-likeness (QED) is 0.0502. The molecule has 4 aromatic rings. The Bertz CT molecular complexity index is 2250. The zero-order valence-corrected chi connectivity index (χ0v) is 34.8. The molecule has 3 aliphatic rings. The van der Waals surface area contributed by atoms with Gasteiger partial charge in [0.05, 0.1) is 30.1 Å². The summed E-state index contributed by atoms with van der Waals surface area (Å²) in [6, 6.07) is 18.2. The van der Waals surface area contributed by atoms with Crippen LogP contribution in [0, 0.1) is 0 Å². The summed E-state index contributed by atoms with van der Waals surface area (Å²) in [7, 11) is 1.28. The maximum absolute atomic E-state index is 13.4. The van der Waals surface area contributed by atoms with E-state index < -0.39 is 29.7 Å². The van der Waals surface area contributed by atoms with Crippen molar-refractivity contribution in [1.29, 1.82) is 0 Å². The minimum absolute atomic E-state index is 0.0301. The van der Waals surface area contributed by atoms with Gasteiger partial charge in [-0.2, -0.15) is 4.98 Å². The first-order valence-corrected chi connectivity index (χ1v) is 22.6. The van der Waals surface area contributed by atoms with E-state index in [-0.39, 0.29) is 43.8 Å². The van der Waals surface area contributed by atoms with Crippen LogP contribution in [0.1, 0.15) is 59.2 Å². The number of nitrogens with zero attached hydrogens (tertiary/aromatic N) is 4. The van der Waals surface area contributed by atoms with Crippen LogP contribution in [0.3, 0.4) is 0 Å². The standard InChI is InChI=1S/C41H44ClN8O6PS/c1-56-31-22-25(13-14-28(31)46-41-43-23-27(42)37(48-41)45-29-9-4-5-10-32(29)57(2)3)49-19-17-24(18-20-49)44-34(51)12-7-21-58-33-11-6-8-26-36(33)40(55)50(39(26)54)30-15-16-35(52)47-38(30)53/h4-6,8-11,13-14,22-24,30H,7,12,15-21H2,1-3H3,(H,44,51)(H,47,52,53)(H2,43,45,46,48). The predicted molar refractivity (Wildman–Crippen MR) is 228 cm³/mol. The molecule has 7 rings (SSSR count). The highest BCUT2D eigenvalue weighted by molar-refractivity contribution is 7.99. The van der Waals surface area contributed by atoms with Crippen molar-refractivity contribution in [2.24, 2.45) is 0 Å². The Kier molecular flexibility index (Phi) is 12.8. The number of hydrogen-bond acceptors (Lipinski definition) is 12. The lowest BCUT2D eigenvalue weighted by Gasteiger charge is -2.34. The molecule has 1 aromatic heterocycles. The minimum Gasteiger partial charge on any atom is -0.494 e. The average molecular weight is 843 g/mol. The normalized spacial score (nSPS) is 17.0. The number of carbonyl (C=O) groups is 5. The molecule has 3 aliphatic heterocycles. The molecule has 2 fully saturated rings. The number of ether oxygens (including phenoxy) is 1. The summed E-state index contributed by atoms with van der Waals surface area (Å²) in [5, 5.41) is 13.7. The molecule has 5 amide bonds. The molecule has 302 valence electrons. The highest BCUT2D eigenvalue weighted by Gasteiger charge is 2.45. The van der Waals surface area contributed by atoms with Crippen LogP contribution in [-0.4, -0.2) is 95.8 Å². The molecule has 0 aliphatic carbocycles. The molecule has 3 aromatic carbocycles. The monoisotopic (exact) mass is 842 g/mol. The van der Waals surface area contributed by atoms with E-state index in [1.807, 2.05) is 36.4 Å². The van der Waals surface area contributed by atoms with E-state index in [1.165, 1.54) is 17.1 Å². The molecular weight excluding hydrogens is 799 g/mol. The molecule has 0 spiro atoms. The highest BCUT2D eigenvalue weighted by atomic mass is 35.5. The second kappa shape index (κ2) is 18.1. The molecule has 2 saturated heterocycles. The van der Waals surface area contributed by atoms with Crippen molar-refractivity contribution in [2.75, 3.05) is 54.8 Å². The Morgan fingerprint density at radius 3 is 2.53 bits per heavy atom. The van der Waals surface area contributed by atoms with E-state index in [0.717, 1.165) is 42.2 Å². The first kappa shape index (κ1) is 40.9. The molecule has 17 heteroatoms. The van der Waals surface area contributed by atoms with Crippen LogP contribution < -0.4 is 36.2 Å². The van der Waals surface area contributed by atoms with Gasteiger partial charge < -0.3 is 25.6 Å². The smallest absolute Gasteiger partial charge is 0.263 e. The molecular formula is C41H44ClN8O6PS. The van der Waals surface area contributed by atoms with Gasteiger partial charge in [-0.3, -0.25) is 34.2 Å². The fourth-order valence-corrected chi connectivity index (χ4v) is 9.47. The Hall–Kier alpha value is -5.24. The number of halogens is 1. The van der Waals surface area contributed by atoms with Gasteiger partial charge in [-0.05, 0) is 80.4 Å². The molecule has 4 N–H and O–H groups in total. The van der Waals surface area contributed by atoms with Crippen molar-refractivity contribution < 1.29 is 28.7 Å². The van der Waals surface area contributed by atoms with Gasteiger partial charge in [0.1, 0.15) is 16.8 Å². The number of fused-ring (bicyclic) bond motifs is 1. The lowest BCUT2D eigenvalue weighted by molar-refractivity contribution is -0.136. The molecule has 0 bridgehead atoms. The first-order valence-electron chi connectivity index (χ1n) is 19.0. The van der Waals surface area contributed by atoms with Gasteiger partial charge in [-0.15, -0.1) is 11.8 Å². The van der Waals surface area contributed by atoms with Crippen LogP contribution in [0.2, 0.25) is 5.02 Å². The lowest BCUT2D eigenvalue weighted by atomic mass is 10.0. The number of thioether (sulfide) groups is 1. The van der Waals surface area contributed by atoms with Crippen molar-refractivity contribution in [3.8, 4) is 5.75 Å². The summed E-state index contributed by atoms with van der Waals surface area (Å²) >= 11 is 7.89. The van der Waals surface area contributed by atoms with Gasteiger partial charge in [0.2, 0.25) is 23.7 Å². The van der Waals surface area contributed by atoms with Crippen LogP contribution in [0.15, 0.2) is 71.8 Å². The Morgan fingerprint density at radius 2 is 1.78 bits per heavy atom.